The van der Waals surface area contributed by atoms with E-state index in [1.54, 1.807) is 6.92 Å². The molecule has 0 aliphatic carbocycles. The predicted molar refractivity (Wildman–Crippen MR) is 117 cm³/mol. The van der Waals surface area contributed by atoms with Gasteiger partial charge in [0.25, 0.3) is 0 Å². The van der Waals surface area contributed by atoms with Gasteiger partial charge in [0.2, 0.25) is 0 Å². The van der Waals surface area contributed by atoms with E-state index in [-0.39, 0.29) is 12.0 Å². The Morgan fingerprint density at radius 1 is 1.28 bits per heavy atom. The van der Waals surface area contributed by atoms with E-state index in [0.717, 1.165) is 29.6 Å². The number of aliphatic imine (C=N–C) groups is 1. The fourth-order valence-corrected chi connectivity index (χ4v) is 4.00. The molecule has 2 heterocycles. The highest BCUT2D eigenvalue weighted by molar-refractivity contribution is 7.13. The Kier molecular flexibility index (Phi) is 8.19. The molecule has 0 aromatic carbocycles. The van der Waals surface area contributed by atoms with Crippen molar-refractivity contribution in [1.29, 1.82) is 0 Å². The fourth-order valence-electron chi connectivity index (χ4n) is 3.03. The van der Waals surface area contributed by atoms with E-state index in [9.17, 15) is 4.79 Å². The second-order valence-corrected chi connectivity index (χ2v) is 7.87. The van der Waals surface area contributed by atoms with Gasteiger partial charge >= 0.3 is 5.97 Å². The topological polar surface area (TPSA) is 93.4 Å². The molecule has 0 saturated heterocycles. The number of carbonyl (C=O) groups excluding carboxylic acids is 1. The molecule has 160 valence electrons. The van der Waals surface area contributed by atoms with Crippen molar-refractivity contribution in [2.24, 2.45) is 12.0 Å². The number of aryl methyl sites for hydroxylation is 3. The van der Waals surface area contributed by atoms with E-state index in [1.165, 1.54) is 22.6 Å². The molecule has 8 nitrogen and oxygen atoms in total. The van der Waals surface area contributed by atoms with Crippen LogP contribution in [0, 0.1) is 20.8 Å². The van der Waals surface area contributed by atoms with E-state index < -0.39 is 0 Å². The van der Waals surface area contributed by atoms with E-state index >= 15 is 0 Å². The Bertz CT molecular complexity index is 871. The summed E-state index contributed by atoms with van der Waals surface area (Å²) < 4.78 is 7.01. The van der Waals surface area contributed by atoms with Gasteiger partial charge in [0.15, 0.2) is 5.96 Å². The molecule has 0 spiro atoms. The molecule has 0 saturated carbocycles. The number of rotatable bonds is 8. The second-order valence-electron chi connectivity index (χ2n) is 6.84. The Morgan fingerprint density at radius 3 is 2.59 bits per heavy atom. The van der Waals surface area contributed by atoms with Crippen LogP contribution in [0.25, 0.3) is 0 Å². The number of esters is 1. The van der Waals surface area contributed by atoms with Crippen molar-refractivity contribution in [2.75, 3.05) is 19.7 Å². The maximum absolute atomic E-state index is 12.0. The molecule has 0 radical (unpaired) electrons. The number of hydrogen-bond acceptors (Lipinski definition) is 6. The molecule has 1 atom stereocenters. The van der Waals surface area contributed by atoms with Gasteiger partial charge in [0.05, 0.1) is 24.0 Å². The minimum atomic E-state index is -0.316. The SMILES string of the molecule is CCNC(=NCCc1c(C)nn(C)c1C)NC(C)c1nc(C)c(C(=O)OCC)s1. The summed E-state index contributed by atoms with van der Waals surface area (Å²) in [6.45, 7) is 13.5. The first-order chi connectivity index (χ1) is 13.8. The van der Waals surface area contributed by atoms with Gasteiger partial charge in [-0.2, -0.15) is 5.10 Å². The van der Waals surface area contributed by atoms with Gasteiger partial charge in [-0.25, -0.2) is 9.78 Å². The summed E-state index contributed by atoms with van der Waals surface area (Å²) in [7, 11) is 1.96. The van der Waals surface area contributed by atoms with Gasteiger partial charge in [-0.1, -0.05) is 0 Å². The summed E-state index contributed by atoms with van der Waals surface area (Å²) in [5.41, 5.74) is 4.17. The third-order valence-corrected chi connectivity index (χ3v) is 5.95. The van der Waals surface area contributed by atoms with Crippen molar-refractivity contribution in [3.8, 4) is 0 Å². The Labute approximate surface area is 176 Å². The fraction of sp³-hybridized carbons (Fsp3) is 0.600. The number of carbonyl (C=O) groups is 1. The third kappa shape index (κ3) is 5.79. The lowest BCUT2D eigenvalue weighted by Gasteiger charge is -2.16. The van der Waals surface area contributed by atoms with Crippen LogP contribution < -0.4 is 10.6 Å². The van der Waals surface area contributed by atoms with Crippen LogP contribution in [0.15, 0.2) is 4.99 Å². The van der Waals surface area contributed by atoms with Crippen LogP contribution in [-0.2, 0) is 18.2 Å². The first-order valence-corrected chi connectivity index (χ1v) is 10.8. The molecule has 0 bridgehead atoms. The minimum Gasteiger partial charge on any atom is -0.462 e. The summed E-state index contributed by atoms with van der Waals surface area (Å²) in [6.07, 6.45) is 0.833. The molecular formula is C20H32N6O2S. The maximum atomic E-state index is 12.0. The number of guanidine groups is 1. The van der Waals surface area contributed by atoms with Gasteiger partial charge in [-0.15, -0.1) is 11.3 Å². The normalized spacial score (nSPS) is 12.7. The lowest BCUT2D eigenvalue weighted by molar-refractivity contribution is 0.0531. The smallest absolute Gasteiger partial charge is 0.350 e. The van der Waals surface area contributed by atoms with Gasteiger partial charge in [0, 0.05) is 25.8 Å². The number of thiazole rings is 1. The zero-order chi connectivity index (χ0) is 21.6. The van der Waals surface area contributed by atoms with Crippen molar-refractivity contribution in [3.63, 3.8) is 0 Å². The third-order valence-electron chi connectivity index (χ3n) is 4.63. The van der Waals surface area contributed by atoms with Gasteiger partial charge < -0.3 is 15.4 Å². The summed E-state index contributed by atoms with van der Waals surface area (Å²) in [5.74, 6) is 0.411. The van der Waals surface area contributed by atoms with E-state index in [1.807, 2.05) is 39.4 Å². The summed E-state index contributed by atoms with van der Waals surface area (Å²) in [4.78, 5) is 21.8. The quantitative estimate of drug-likeness (QED) is 0.387. The zero-order valence-corrected chi connectivity index (χ0v) is 19.2. The Hall–Kier alpha value is -2.42. The molecule has 0 amide bonds. The lowest BCUT2D eigenvalue weighted by atomic mass is 10.1. The predicted octanol–water partition coefficient (Wildman–Crippen LogP) is 2.84. The molecule has 2 N–H and O–H groups in total. The lowest BCUT2D eigenvalue weighted by Crippen LogP contribution is -2.38. The van der Waals surface area contributed by atoms with Gasteiger partial charge in [-0.05, 0) is 53.5 Å². The van der Waals surface area contributed by atoms with Crippen LogP contribution in [0.5, 0.6) is 0 Å². The molecule has 2 aromatic rings. The first-order valence-electron chi connectivity index (χ1n) is 9.96. The summed E-state index contributed by atoms with van der Waals surface area (Å²) >= 11 is 1.36. The molecule has 0 aliphatic rings. The average Bonchev–Trinajstić information content (AvgIpc) is 3.16. The number of nitrogens with one attached hydrogen (secondary N) is 2. The zero-order valence-electron chi connectivity index (χ0n) is 18.4. The minimum absolute atomic E-state index is 0.0819. The monoisotopic (exact) mass is 420 g/mol. The van der Waals surface area contributed by atoms with Crippen LogP contribution in [0.1, 0.15) is 64.1 Å². The Balaban J connectivity index is 2.06. The van der Waals surface area contributed by atoms with Crippen LogP contribution in [-0.4, -0.2) is 46.4 Å². The number of hydrogen-bond donors (Lipinski definition) is 2. The van der Waals surface area contributed by atoms with Crippen LogP contribution in [0.2, 0.25) is 0 Å². The molecule has 29 heavy (non-hydrogen) atoms. The van der Waals surface area contributed by atoms with Crippen LogP contribution in [0.3, 0.4) is 0 Å². The first kappa shape index (κ1) is 22.9. The van der Waals surface area contributed by atoms with Gasteiger partial charge in [0.1, 0.15) is 9.88 Å². The van der Waals surface area contributed by atoms with Crippen molar-refractivity contribution in [2.45, 2.75) is 54.0 Å². The Morgan fingerprint density at radius 2 is 2.00 bits per heavy atom. The van der Waals surface area contributed by atoms with Crippen LogP contribution >= 0.6 is 11.3 Å². The molecule has 2 aromatic heterocycles. The standard InChI is InChI=1S/C20H32N6O2S/c1-8-21-20(22-11-10-16-12(3)25-26(7)15(16)6)24-14(5)18-23-13(4)17(29-18)19(27)28-9-2/h14H,8-11H2,1-7H3,(H2,21,22,24). The maximum Gasteiger partial charge on any atom is 0.350 e. The highest BCUT2D eigenvalue weighted by Crippen LogP contribution is 2.24. The summed E-state index contributed by atoms with van der Waals surface area (Å²) in [6, 6.07) is -0.0819. The van der Waals surface area contributed by atoms with E-state index in [4.69, 9.17) is 9.73 Å². The highest BCUT2D eigenvalue weighted by Gasteiger charge is 2.20. The number of nitrogens with zero attached hydrogens (tertiary/aromatic N) is 4. The second kappa shape index (κ2) is 10.4. The molecule has 0 aliphatic heterocycles. The average molecular weight is 421 g/mol. The van der Waals surface area contributed by atoms with Crippen LogP contribution in [0.4, 0.5) is 0 Å². The molecule has 9 heteroatoms. The van der Waals surface area contributed by atoms with E-state index in [2.05, 4.69) is 27.6 Å². The molecular weight excluding hydrogens is 388 g/mol. The molecule has 0 fully saturated rings. The largest absolute Gasteiger partial charge is 0.462 e. The van der Waals surface area contributed by atoms with Gasteiger partial charge in [-0.3, -0.25) is 9.67 Å². The molecule has 2 rings (SSSR count). The van der Waals surface area contributed by atoms with Crippen molar-refractivity contribution >= 4 is 23.3 Å². The summed E-state index contributed by atoms with van der Waals surface area (Å²) in [5, 5.41) is 11.9. The molecule has 1 unspecified atom stereocenters. The van der Waals surface area contributed by atoms with Crippen molar-refractivity contribution < 1.29 is 9.53 Å². The van der Waals surface area contributed by atoms with Crippen molar-refractivity contribution in [3.05, 3.63) is 32.5 Å². The number of aromatic nitrogens is 3. The number of ether oxygens (including phenoxy) is 1. The van der Waals surface area contributed by atoms with E-state index in [0.29, 0.717) is 23.7 Å². The highest BCUT2D eigenvalue weighted by atomic mass is 32.1. The van der Waals surface area contributed by atoms with Crippen molar-refractivity contribution in [1.82, 2.24) is 25.4 Å².